The van der Waals surface area contributed by atoms with Crippen LogP contribution in [0.25, 0.3) is 0 Å². The molecule has 2 heterocycles. The molecule has 7 heteroatoms. The SMILES string of the molecule is CC[Si](CC)(CC)OC(CNC[C@@H]1CCC(C)(C)O1)c1c(Cl)cncc1Cl. The normalized spacial score (nSPS) is 20.8. The van der Waals surface area contributed by atoms with E-state index in [9.17, 15) is 0 Å². The van der Waals surface area contributed by atoms with Gasteiger partial charge < -0.3 is 14.5 Å². The molecule has 1 fully saturated rings. The van der Waals surface area contributed by atoms with Crippen LogP contribution in [0.1, 0.15) is 59.1 Å². The van der Waals surface area contributed by atoms with Crippen molar-refractivity contribution in [1.29, 1.82) is 0 Å². The van der Waals surface area contributed by atoms with Gasteiger partial charge >= 0.3 is 0 Å². The molecule has 1 saturated heterocycles. The highest BCUT2D eigenvalue weighted by Gasteiger charge is 2.35. The maximum Gasteiger partial charge on any atom is 0.192 e. The largest absolute Gasteiger partial charge is 0.409 e. The van der Waals surface area contributed by atoms with Crippen LogP contribution in [0, 0.1) is 0 Å². The molecule has 154 valence electrons. The van der Waals surface area contributed by atoms with Crippen LogP contribution >= 0.6 is 23.2 Å². The Hall–Kier alpha value is -0.173. The standard InChI is InChI=1S/C20H34Cl2N2O2Si/c1-6-27(7-2,8-3)26-18(19-16(21)12-24-13-17(19)22)14-23-11-15-9-10-20(4,5)25-15/h12-13,15,18,23H,6-11,14H2,1-5H3/t15-,18?/m0/s1. The summed E-state index contributed by atoms with van der Waals surface area (Å²) < 4.78 is 12.9. The van der Waals surface area contributed by atoms with Crippen molar-refractivity contribution in [2.24, 2.45) is 0 Å². The van der Waals surface area contributed by atoms with Gasteiger partial charge in [-0.1, -0.05) is 44.0 Å². The van der Waals surface area contributed by atoms with Crippen LogP contribution < -0.4 is 5.32 Å². The Labute approximate surface area is 175 Å². The minimum atomic E-state index is -1.82. The van der Waals surface area contributed by atoms with Crippen LogP contribution in [-0.4, -0.2) is 38.1 Å². The van der Waals surface area contributed by atoms with Crippen LogP contribution in [0.15, 0.2) is 12.4 Å². The number of rotatable bonds is 10. The third-order valence-electron chi connectivity index (χ3n) is 5.79. The average molecular weight is 433 g/mol. The molecule has 0 spiro atoms. The molecule has 0 amide bonds. The Kier molecular flexibility index (Phi) is 8.59. The highest BCUT2D eigenvalue weighted by Crippen LogP contribution is 2.36. The number of aromatic nitrogens is 1. The fourth-order valence-electron chi connectivity index (χ4n) is 3.83. The second-order valence-corrected chi connectivity index (χ2v) is 13.6. The first-order valence-electron chi connectivity index (χ1n) is 10.1. The quantitative estimate of drug-likeness (QED) is 0.460. The van der Waals surface area contributed by atoms with Gasteiger partial charge in [0.2, 0.25) is 0 Å². The van der Waals surface area contributed by atoms with Crippen molar-refractivity contribution in [2.75, 3.05) is 13.1 Å². The molecular formula is C20H34Cl2N2O2Si. The summed E-state index contributed by atoms with van der Waals surface area (Å²) in [4.78, 5) is 4.09. The fourth-order valence-corrected chi connectivity index (χ4v) is 7.24. The van der Waals surface area contributed by atoms with Crippen molar-refractivity contribution < 1.29 is 9.16 Å². The minimum Gasteiger partial charge on any atom is -0.409 e. The van der Waals surface area contributed by atoms with Crippen molar-refractivity contribution in [3.8, 4) is 0 Å². The van der Waals surface area contributed by atoms with E-state index < -0.39 is 8.32 Å². The number of ether oxygens (including phenoxy) is 1. The predicted octanol–water partition coefficient (Wildman–Crippen LogP) is 6.00. The number of hydrogen-bond donors (Lipinski definition) is 1. The van der Waals surface area contributed by atoms with Gasteiger partial charge in [-0.2, -0.15) is 0 Å². The van der Waals surface area contributed by atoms with E-state index in [0.717, 1.165) is 43.1 Å². The van der Waals surface area contributed by atoms with Crippen molar-refractivity contribution in [2.45, 2.75) is 83.4 Å². The Morgan fingerprint density at radius 2 is 1.81 bits per heavy atom. The van der Waals surface area contributed by atoms with Crippen molar-refractivity contribution >= 4 is 31.5 Å². The first-order chi connectivity index (χ1) is 12.8. The van der Waals surface area contributed by atoms with Crippen LogP contribution in [0.3, 0.4) is 0 Å². The molecule has 2 rings (SSSR count). The summed E-state index contributed by atoms with van der Waals surface area (Å²) in [5.74, 6) is 0. The Balaban J connectivity index is 2.12. The maximum absolute atomic E-state index is 6.78. The molecule has 4 nitrogen and oxygen atoms in total. The van der Waals surface area contributed by atoms with E-state index in [-0.39, 0.29) is 17.8 Å². The molecule has 0 saturated carbocycles. The van der Waals surface area contributed by atoms with Crippen LogP contribution in [0.2, 0.25) is 28.2 Å². The summed E-state index contributed by atoms with van der Waals surface area (Å²) in [6, 6.07) is 3.24. The monoisotopic (exact) mass is 432 g/mol. The second-order valence-electron chi connectivity index (χ2n) is 8.06. The molecule has 0 bridgehead atoms. The molecule has 1 N–H and O–H groups in total. The number of nitrogens with zero attached hydrogens (tertiary/aromatic N) is 1. The highest BCUT2D eigenvalue weighted by molar-refractivity contribution is 6.73. The summed E-state index contributed by atoms with van der Waals surface area (Å²) in [5, 5.41) is 4.68. The Morgan fingerprint density at radius 1 is 1.22 bits per heavy atom. The maximum atomic E-state index is 6.78. The lowest BCUT2D eigenvalue weighted by Crippen LogP contribution is -2.41. The molecule has 27 heavy (non-hydrogen) atoms. The zero-order valence-corrected chi connectivity index (χ0v) is 19.8. The molecule has 0 radical (unpaired) electrons. The zero-order chi connectivity index (χ0) is 20.1. The van der Waals surface area contributed by atoms with E-state index in [1.54, 1.807) is 12.4 Å². The lowest BCUT2D eigenvalue weighted by molar-refractivity contribution is -0.0149. The van der Waals surface area contributed by atoms with E-state index in [4.69, 9.17) is 32.4 Å². The van der Waals surface area contributed by atoms with E-state index in [2.05, 4.69) is 44.9 Å². The molecule has 1 aromatic heterocycles. The highest BCUT2D eigenvalue weighted by atomic mass is 35.5. The molecular weight excluding hydrogens is 399 g/mol. The summed E-state index contributed by atoms with van der Waals surface area (Å²) >= 11 is 12.9. The van der Waals surface area contributed by atoms with Gasteiger partial charge in [-0.3, -0.25) is 4.98 Å². The summed E-state index contributed by atoms with van der Waals surface area (Å²) in [5.41, 5.74) is 0.829. The zero-order valence-electron chi connectivity index (χ0n) is 17.3. The van der Waals surface area contributed by atoms with Crippen LogP contribution in [-0.2, 0) is 9.16 Å². The third-order valence-corrected chi connectivity index (χ3v) is 11.0. The van der Waals surface area contributed by atoms with E-state index in [1.807, 2.05) is 0 Å². The van der Waals surface area contributed by atoms with Gasteiger partial charge in [0.1, 0.15) is 0 Å². The van der Waals surface area contributed by atoms with E-state index in [0.29, 0.717) is 16.6 Å². The number of hydrogen-bond acceptors (Lipinski definition) is 4. The Morgan fingerprint density at radius 3 is 2.30 bits per heavy atom. The average Bonchev–Trinajstić information content (AvgIpc) is 2.98. The number of pyridine rings is 1. The Bertz CT molecular complexity index is 583. The third kappa shape index (κ3) is 6.15. The van der Waals surface area contributed by atoms with Gasteiger partial charge in [0, 0.05) is 31.0 Å². The first kappa shape index (κ1) is 23.1. The summed E-state index contributed by atoms with van der Waals surface area (Å²) in [6.07, 6.45) is 5.55. The van der Waals surface area contributed by atoms with Gasteiger partial charge in [0.15, 0.2) is 8.32 Å². The predicted molar refractivity (Wildman–Crippen MR) is 116 cm³/mol. The molecule has 1 unspecified atom stereocenters. The lowest BCUT2D eigenvalue weighted by atomic mass is 10.1. The molecule has 1 aliphatic rings. The van der Waals surface area contributed by atoms with Crippen LogP contribution in [0.5, 0.6) is 0 Å². The molecule has 0 aliphatic carbocycles. The summed E-state index contributed by atoms with van der Waals surface area (Å²) in [7, 11) is -1.82. The molecule has 1 aliphatic heterocycles. The number of nitrogens with one attached hydrogen (secondary N) is 1. The fraction of sp³-hybridized carbons (Fsp3) is 0.750. The van der Waals surface area contributed by atoms with E-state index in [1.165, 1.54) is 0 Å². The van der Waals surface area contributed by atoms with E-state index >= 15 is 0 Å². The van der Waals surface area contributed by atoms with Crippen molar-refractivity contribution in [3.05, 3.63) is 28.0 Å². The van der Waals surface area contributed by atoms with Gasteiger partial charge in [0.25, 0.3) is 0 Å². The molecule has 0 aromatic carbocycles. The smallest absolute Gasteiger partial charge is 0.192 e. The molecule has 2 atom stereocenters. The first-order valence-corrected chi connectivity index (χ1v) is 13.4. The van der Waals surface area contributed by atoms with Crippen molar-refractivity contribution in [3.63, 3.8) is 0 Å². The van der Waals surface area contributed by atoms with Crippen molar-refractivity contribution in [1.82, 2.24) is 10.3 Å². The number of halogens is 2. The van der Waals surface area contributed by atoms with Gasteiger partial charge in [0.05, 0.1) is 27.9 Å². The minimum absolute atomic E-state index is 0.0192. The molecule has 1 aromatic rings. The van der Waals surface area contributed by atoms with Gasteiger partial charge in [-0.05, 0) is 44.8 Å². The second kappa shape index (κ2) is 10.0. The lowest BCUT2D eigenvalue weighted by Gasteiger charge is -2.34. The van der Waals surface area contributed by atoms with Crippen LogP contribution in [0.4, 0.5) is 0 Å². The van der Waals surface area contributed by atoms with Gasteiger partial charge in [-0.15, -0.1) is 0 Å². The summed E-state index contributed by atoms with van der Waals surface area (Å²) in [6.45, 7) is 12.5. The van der Waals surface area contributed by atoms with Gasteiger partial charge in [-0.25, -0.2) is 0 Å². The topological polar surface area (TPSA) is 43.4 Å².